The molecule has 0 radical (unpaired) electrons. The number of fused-ring (bicyclic) bond motifs is 1. The molecule has 1 aromatic rings. The first kappa shape index (κ1) is 15.4. The van der Waals surface area contributed by atoms with Gasteiger partial charge in [0, 0.05) is 19.3 Å². The largest absolute Gasteiger partial charge is 0.373 e. The van der Waals surface area contributed by atoms with Crippen LogP contribution in [0.2, 0.25) is 0 Å². The van der Waals surface area contributed by atoms with Crippen LogP contribution in [0, 0.1) is 0 Å². The van der Waals surface area contributed by atoms with E-state index in [0.717, 1.165) is 24.9 Å². The quantitative estimate of drug-likeness (QED) is 0.861. The predicted octanol–water partition coefficient (Wildman–Crippen LogP) is 1.40. The smallest absolute Gasteiger partial charge is 0.245 e. The van der Waals surface area contributed by atoms with E-state index in [0.29, 0.717) is 6.54 Å². The van der Waals surface area contributed by atoms with Crippen molar-refractivity contribution in [3.63, 3.8) is 0 Å². The van der Waals surface area contributed by atoms with E-state index in [1.54, 1.807) is 7.05 Å². The van der Waals surface area contributed by atoms with E-state index in [2.05, 4.69) is 16.7 Å². The van der Waals surface area contributed by atoms with Gasteiger partial charge < -0.3 is 15.5 Å². The molecule has 1 atom stereocenters. The summed E-state index contributed by atoms with van der Waals surface area (Å²) in [4.78, 5) is 25.6. The molecule has 114 valence electrons. The van der Waals surface area contributed by atoms with Crippen LogP contribution in [0.3, 0.4) is 0 Å². The van der Waals surface area contributed by atoms with Gasteiger partial charge in [0.15, 0.2) is 0 Å². The number of nitrogens with zero attached hydrogens (tertiary/aromatic N) is 1. The lowest BCUT2D eigenvalue weighted by molar-refractivity contribution is -0.135. The molecular weight excluding hydrogens is 266 g/mol. The number of para-hydroxylation sites is 1. The van der Waals surface area contributed by atoms with Crippen molar-refractivity contribution < 1.29 is 9.59 Å². The second kappa shape index (κ2) is 7.11. The molecule has 0 fully saturated rings. The van der Waals surface area contributed by atoms with Crippen LogP contribution in [0.15, 0.2) is 24.3 Å². The molecule has 1 aromatic carbocycles. The molecule has 2 N–H and O–H groups in total. The first-order valence-corrected chi connectivity index (χ1v) is 7.48. The first-order chi connectivity index (χ1) is 10.1. The van der Waals surface area contributed by atoms with Crippen LogP contribution in [0.5, 0.6) is 0 Å². The van der Waals surface area contributed by atoms with Crippen molar-refractivity contribution in [2.24, 2.45) is 0 Å². The minimum absolute atomic E-state index is 0.0313. The molecule has 5 heteroatoms. The Labute approximate surface area is 125 Å². The van der Waals surface area contributed by atoms with Gasteiger partial charge in [0.05, 0.1) is 6.54 Å². The normalized spacial score (nSPS) is 16.6. The van der Waals surface area contributed by atoms with Gasteiger partial charge in [0.1, 0.15) is 6.04 Å². The molecule has 0 aliphatic carbocycles. The molecular formula is C16H23N3O2. The molecule has 0 aromatic heterocycles. The summed E-state index contributed by atoms with van der Waals surface area (Å²) in [5.74, 6) is -0.139. The maximum atomic E-state index is 12.4. The van der Waals surface area contributed by atoms with Crippen LogP contribution in [0.1, 0.15) is 25.3 Å². The molecule has 2 rings (SSSR count). The summed E-state index contributed by atoms with van der Waals surface area (Å²) < 4.78 is 0. The third kappa shape index (κ3) is 3.97. The number of anilines is 1. The van der Waals surface area contributed by atoms with Crippen molar-refractivity contribution in [1.29, 1.82) is 0 Å². The summed E-state index contributed by atoms with van der Waals surface area (Å²) in [6.07, 6.45) is 2.54. The van der Waals surface area contributed by atoms with Crippen LogP contribution in [0.25, 0.3) is 0 Å². The van der Waals surface area contributed by atoms with Crippen molar-refractivity contribution in [3.8, 4) is 0 Å². The number of benzene rings is 1. The zero-order valence-corrected chi connectivity index (χ0v) is 12.7. The Morgan fingerprint density at radius 3 is 2.90 bits per heavy atom. The standard InChI is InChI=1S/C16H23N3O2/c1-3-10-17-15(20)11-19(2)16(21)14-9-8-12-6-4-5-7-13(12)18-14/h4-7,14,18H,3,8-11H2,1-2H3,(H,17,20). The highest BCUT2D eigenvalue weighted by molar-refractivity contribution is 5.89. The van der Waals surface area contributed by atoms with Crippen molar-refractivity contribution in [2.75, 3.05) is 25.5 Å². The number of amides is 2. The Morgan fingerprint density at radius 1 is 1.38 bits per heavy atom. The van der Waals surface area contributed by atoms with Crippen LogP contribution >= 0.6 is 0 Å². The topological polar surface area (TPSA) is 61.4 Å². The lowest BCUT2D eigenvalue weighted by atomic mass is 9.97. The highest BCUT2D eigenvalue weighted by Gasteiger charge is 2.26. The average molecular weight is 289 g/mol. The summed E-state index contributed by atoms with van der Waals surface area (Å²) in [6.45, 7) is 2.76. The minimum atomic E-state index is -0.246. The Bertz CT molecular complexity index is 516. The van der Waals surface area contributed by atoms with Crippen LogP contribution in [-0.2, 0) is 16.0 Å². The zero-order valence-electron chi connectivity index (χ0n) is 12.7. The maximum absolute atomic E-state index is 12.4. The summed E-state index contributed by atoms with van der Waals surface area (Å²) in [7, 11) is 1.68. The van der Waals surface area contributed by atoms with Crippen LogP contribution in [-0.4, -0.2) is 42.9 Å². The maximum Gasteiger partial charge on any atom is 0.245 e. The fraction of sp³-hybridized carbons (Fsp3) is 0.500. The van der Waals surface area contributed by atoms with Gasteiger partial charge in [0.25, 0.3) is 0 Å². The fourth-order valence-electron chi connectivity index (χ4n) is 2.50. The highest BCUT2D eigenvalue weighted by Crippen LogP contribution is 2.24. The summed E-state index contributed by atoms with van der Waals surface area (Å²) in [6, 6.07) is 7.78. The Morgan fingerprint density at radius 2 is 2.14 bits per heavy atom. The van der Waals surface area contributed by atoms with Gasteiger partial charge in [-0.25, -0.2) is 0 Å². The molecule has 0 spiro atoms. The lowest BCUT2D eigenvalue weighted by Crippen LogP contribution is -2.46. The Balaban J connectivity index is 1.90. The number of aryl methyl sites for hydroxylation is 1. The SMILES string of the molecule is CCCNC(=O)CN(C)C(=O)C1CCc2ccccc2N1. The second-order valence-electron chi connectivity index (χ2n) is 5.44. The molecule has 0 saturated carbocycles. The van der Waals surface area contributed by atoms with Crippen molar-refractivity contribution in [1.82, 2.24) is 10.2 Å². The van der Waals surface area contributed by atoms with Crippen LogP contribution in [0.4, 0.5) is 5.69 Å². The van der Waals surface area contributed by atoms with Crippen molar-refractivity contribution in [2.45, 2.75) is 32.2 Å². The molecule has 2 amide bonds. The highest BCUT2D eigenvalue weighted by atomic mass is 16.2. The predicted molar refractivity (Wildman–Crippen MR) is 83.1 cm³/mol. The Hall–Kier alpha value is -2.04. The van der Waals surface area contributed by atoms with E-state index >= 15 is 0 Å². The molecule has 1 aliphatic heterocycles. The van der Waals surface area contributed by atoms with E-state index in [1.165, 1.54) is 10.5 Å². The molecule has 1 heterocycles. The number of carbonyl (C=O) groups is 2. The van der Waals surface area contributed by atoms with E-state index in [-0.39, 0.29) is 24.4 Å². The molecule has 0 saturated heterocycles. The van der Waals surface area contributed by atoms with E-state index in [1.807, 2.05) is 25.1 Å². The van der Waals surface area contributed by atoms with Crippen molar-refractivity contribution >= 4 is 17.5 Å². The van der Waals surface area contributed by atoms with E-state index in [9.17, 15) is 9.59 Å². The summed E-state index contributed by atoms with van der Waals surface area (Å²) in [5, 5.41) is 6.05. The number of nitrogens with one attached hydrogen (secondary N) is 2. The number of likely N-dealkylation sites (N-methyl/N-ethyl adjacent to an activating group) is 1. The van der Waals surface area contributed by atoms with Crippen LogP contribution < -0.4 is 10.6 Å². The fourth-order valence-corrected chi connectivity index (χ4v) is 2.50. The van der Waals surface area contributed by atoms with E-state index in [4.69, 9.17) is 0 Å². The van der Waals surface area contributed by atoms with E-state index < -0.39 is 0 Å². The molecule has 0 bridgehead atoms. The number of hydrogen-bond donors (Lipinski definition) is 2. The molecule has 21 heavy (non-hydrogen) atoms. The Kier molecular flexibility index (Phi) is 5.20. The average Bonchev–Trinajstić information content (AvgIpc) is 2.51. The first-order valence-electron chi connectivity index (χ1n) is 7.48. The minimum Gasteiger partial charge on any atom is -0.373 e. The molecule has 1 aliphatic rings. The monoisotopic (exact) mass is 289 g/mol. The summed E-state index contributed by atoms with van der Waals surface area (Å²) >= 11 is 0. The second-order valence-corrected chi connectivity index (χ2v) is 5.44. The van der Waals surface area contributed by atoms with Gasteiger partial charge in [-0.05, 0) is 30.9 Å². The third-order valence-electron chi connectivity index (χ3n) is 3.68. The van der Waals surface area contributed by atoms with Gasteiger partial charge >= 0.3 is 0 Å². The van der Waals surface area contributed by atoms with Gasteiger partial charge in [-0.15, -0.1) is 0 Å². The van der Waals surface area contributed by atoms with Gasteiger partial charge in [-0.3, -0.25) is 9.59 Å². The van der Waals surface area contributed by atoms with Gasteiger partial charge in [0.2, 0.25) is 11.8 Å². The number of hydrogen-bond acceptors (Lipinski definition) is 3. The number of rotatable bonds is 5. The molecule has 5 nitrogen and oxygen atoms in total. The third-order valence-corrected chi connectivity index (χ3v) is 3.68. The molecule has 1 unspecified atom stereocenters. The zero-order chi connectivity index (χ0) is 15.2. The van der Waals surface area contributed by atoms with Gasteiger partial charge in [-0.2, -0.15) is 0 Å². The van der Waals surface area contributed by atoms with Gasteiger partial charge in [-0.1, -0.05) is 25.1 Å². The summed E-state index contributed by atoms with van der Waals surface area (Å²) in [5.41, 5.74) is 2.26. The number of carbonyl (C=O) groups excluding carboxylic acids is 2. The lowest BCUT2D eigenvalue weighted by Gasteiger charge is -2.29. The van der Waals surface area contributed by atoms with Crippen molar-refractivity contribution in [3.05, 3.63) is 29.8 Å².